The summed E-state index contributed by atoms with van der Waals surface area (Å²) in [7, 11) is 0. The predicted molar refractivity (Wildman–Crippen MR) is 65.6 cm³/mol. The summed E-state index contributed by atoms with van der Waals surface area (Å²) in [4.78, 5) is 4.32. The van der Waals surface area contributed by atoms with Crippen molar-refractivity contribution in [3.63, 3.8) is 0 Å². The van der Waals surface area contributed by atoms with E-state index in [0.29, 0.717) is 0 Å². The number of hydrogen-bond donors (Lipinski definition) is 0. The van der Waals surface area contributed by atoms with Crippen molar-refractivity contribution in [2.45, 2.75) is 6.92 Å². The molecule has 0 spiro atoms. The van der Waals surface area contributed by atoms with Crippen LogP contribution in [-0.2, 0) is 0 Å². The van der Waals surface area contributed by atoms with Crippen molar-refractivity contribution in [3.05, 3.63) is 60.3 Å². The van der Waals surface area contributed by atoms with Crippen molar-refractivity contribution in [2.75, 3.05) is 0 Å². The van der Waals surface area contributed by atoms with E-state index in [-0.39, 0.29) is 0 Å². The van der Waals surface area contributed by atoms with Crippen LogP contribution in [0.2, 0.25) is 0 Å². The Hall–Kier alpha value is -1.89. The third kappa shape index (κ3) is 2.13. The summed E-state index contributed by atoms with van der Waals surface area (Å²) in [6.45, 7) is 2.01. The number of nitrogens with zero attached hydrogens (tertiary/aromatic N) is 1. The zero-order chi connectivity index (χ0) is 10.5. The first-order valence-corrected chi connectivity index (χ1v) is 5.05. The number of aromatic nitrogens is 1. The molecule has 15 heavy (non-hydrogen) atoms. The number of allylic oxidation sites excluding steroid dienone is 3. The Bertz CT molecular complexity index is 504. The van der Waals surface area contributed by atoms with Crippen LogP contribution in [0.3, 0.4) is 0 Å². The fraction of sp³-hybridized carbons (Fsp3) is 0.0714. The van der Waals surface area contributed by atoms with Gasteiger partial charge in [0.1, 0.15) is 0 Å². The first-order valence-electron chi connectivity index (χ1n) is 5.05. The van der Waals surface area contributed by atoms with Gasteiger partial charge in [0, 0.05) is 11.6 Å². The fourth-order valence-corrected chi connectivity index (χ4v) is 1.53. The maximum absolute atomic E-state index is 4.32. The number of pyridine rings is 1. The largest absolute Gasteiger partial charge is 0.256 e. The first kappa shape index (κ1) is 9.66. The van der Waals surface area contributed by atoms with Crippen LogP contribution in [0.1, 0.15) is 12.5 Å². The molecular formula is C14H13N. The quantitative estimate of drug-likeness (QED) is 0.664. The molecule has 0 fully saturated rings. The van der Waals surface area contributed by atoms with Gasteiger partial charge in [-0.3, -0.25) is 4.98 Å². The van der Waals surface area contributed by atoms with E-state index in [2.05, 4.69) is 17.1 Å². The molecule has 1 heteroatoms. The Morgan fingerprint density at radius 1 is 1.07 bits per heavy atom. The molecule has 0 aliphatic carbocycles. The van der Waals surface area contributed by atoms with Crippen LogP contribution in [0.25, 0.3) is 17.0 Å². The second kappa shape index (κ2) is 4.56. The van der Waals surface area contributed by atoms with Gasteiger partial charge in [-0.05, 0) is 24.6 Å². The lowest BCUT2D eigenvalue weighted by molar-refractivity contribution is 1.41. The summed E-state index contributed by atoms with van der Waals surface area (Å²) in [5, 5.41) is 1.20. The molecule has 0 radical (unpaired) electrons. The molecule has 1 heterocycles. The van der Waals surface area contributed by atoms with Gasteiger partial charge in [-0.15, -0.1) is 0 Å². The topological polar surface area (TPSA) is 12.9 Å². The molecule has 2 aromatic rings. The van der Waals surface area contributed by atoms with Gasteiger partial charge in [-0.2, -0.15) is 0 Å². The third-order valence-corrected chi connectivity index (χ3v) is 2.26. The van der Waals surface area contributed by atoms with E-state index in [0.717, 1.165) is 5.52 Å². The van der Waals surface area contributed by atoms with Gasteiger partial charge in [0.15, 0.2) is 0 Å². The molecule has 0 bridgehead atoms. The normalized spacial score (nSPS) is 11.8. The molecule has 0 atom stereocenters. The molecule has 0 N–H and O–H groups in total. The summed E-state index contributed by atoms with van der Waals surface area (Å²) in [6, 6.07) is 10.2. The maximum Gasteiger partial charge on any atom is 0.0707 e. The van der Waals surface area contributed by atoms with Crippen molar-refractivity contribution < 1.29 is 0 Å². The molecule has 0 saturated heterocycles. The minimum atomic E-state index is 1.04. The molecule has 2 rings (SSSR count). The van der Waals surface area contributed by atoms with Crippen LogP contribution in [0.4, 0.5) is 0 Å². The number of fused-ring (bicyclic) bond motifs is 1. The van der Waals surface area contributed by atoms with Crippen molar-refractivity contribution in [1.82, 2.24) is 4.98 Å². The summed E-state index contributed by atoms with van der Waals surface area (Å²) < 4.78 is 0. The van der Waals surface area contributed by atoms with Gasteiger partial charge >= 0.3 is 0 Å². The molecule has 0 aliphatic rings. The van der Waals surface area contributed by atoms with Crippen LogP contribution in [0.15, 0.2) is 54.8 Å². The standard InChI is InChI=1S/C14H13N/c1-2-3-4-7-12-10-11-15-14-9-6-5-8-13(12)14/h2-11H,1H3. The van der Waals surface area contributed by atoms with Gasteiger partial charge in [0.2, 0.25) is 0 Å². The third-order valence-electron chi connectivity index (χ3n) is 2.26. The molecular weight excluding hydrogens is 182 g/mol. The maximum atomic E-state index is 4.32. The van der Waals surface area contributed by atoms with Gasteiger partial charge in [0.05, 0.1) is 5.52 Å². The average Bonchev–Trinajstić information content (AvgIpc) is 2.30. The summed E-state index contributed by atoms with van der Waals surface area (Å²) in [5.74, 6) is 0. The summed E-state index contributed by atoms with van der Waals surface area (Å²) >= 11 is 0. The molecule has 0 amide bonds. The highest BCUT2D eigenvalue weighted by atomic mass is 14.6. The van der Waals surface area contributed by atoms with Crippen molar-refractivity contribution in [3.8, 4) is 0 Å². The van der Waals surface area contributed by atoms with Crippen LogP contribution in [0, 0.1) is 0 Å². The molecule has 1 nitrogen and oxygen atoms in total. The minimum Gasteiger partial charge on any atom is -0.256 e. The van der Waals surface area contributed by atoms with Gasteiger partial charge in [-0.25, -0.2) is 0 Å². The molecule has 1 aromatic carbocycles. The van der Waals surface area contributed by atoms with Crippen LogP contribution < -0.4 is 0 Å². The van der Waals surface area contributed by atoms with Gasteiger partial charge < -0.3 is 0 Å². The number of hydrogen-bond acceptors (Lipinski definition) is 1. The van der Waals surface area contributed by atoms with E-state index in [9.17, 15) is 0 Å². The zero-order valence-corrected chi connectivity index (χ0v) is 8.72. The Labute approximate surface area is 89.8 Å². The SMILES string of the molecule is CC=CC=Cc1ccnc2ccccc12. The molecule has 0 saturated carbocycles. The summed E-state index contributed by atoms with van der Waals surface area (Å²) in [5.41, 5.74) is 2.25. The van der Waals surface area contributed by atoms with E-state index in [1.54, 1.807) is 0 Å². The Balaban J connectivity index is 2.51. The fourth-order valence-electron chi connectivity index (χ4n) is 1.53. The average molecular weight is 195 g/mol. The van der Waals surface area contributed by atoms with E-state index in [1.807, 2.05) is 55.6 Å². The molecule has 0 unspecified atom stereocenters. The van der Waals surface area contributed by atoms with Gasteiger partial charge in [0.25, 0.3) is 0 Å². The predicted octanol–water partition coefficient (Wildman–Crippen LogP) is 3.82. The number of benzene rings is 1. The van der Waals surface area contributed by atoms with Crippen molar-refractivity contribution in [1.29, 1.82) is 0 Å². The smallest absolute Gasteiger partial charge is 0.0707 e. The Kier molecular flexibility index (Phi) is 2.93. The summed E-state index contributed by atoms with van der Waals surface area (Å²) in [6.07, 6.45) is 10.0. The molecule has 1 aromatic heterocycles. The second-order valence-electron chi connectivity index (χ2n) is 3.30. The van der Waals surface area contributed by atoms with Crippen LogP contribution >= 0.6 is 0 Å². The highest BCUT2D eigenvalue weighted by Crippen LogP contribution is 2.17. The highest BCUT2D eigenvalue weighted by molar-refractivity contribution is 5.87. The van der Waals surface area contributed by atoms with E-state index in [4.69, 9.17) is 0 Å². The Morgan fingerprint density at radius 3 is 2.80 bits per heavy atom. The first-order chi connectivity index (χ1) is 7.42. The molecule has 0 aliphatic heterocycles. The lowest BCUT2D eigenvalue weighted by atomic mass is 10.1. The number of para-hydroxylation sites is 1. The lowest BCUT2D eigenvalue weighted by Crippen LogP contribution is -1.80. The van der Waals surface area contributed by atoms with Crippen LogP contribution in [-0.4, -0.2) is 4.98 Å². The monoisotopic (exact) mass is 195 g/mol. The second-order valence-corrected chi connectivity index (χ2v) is 3.30. The highest BCUT2D eigenvalue weighted by Gasteiger charge is 1.96. The lowest BCUT2D eigenvalue weighted by Gasteiger charge is -1.99. The van der Waals surface area contributed by atoms with Crippen molar-refractivity contribution >= 4 is 17.0 Å². The molecule has 74 valence electrons. The van der Waals surface area contributed by atoms with E-state index in [1.165, 1.54) is 10.9 Å². The van der Waals surface area contributed by atoms with Crippen molar-refractivity contribution in [2.24, 2.45) is 0 Å². The number of rotatable bonds is 2. The zero-order valence-electron chi connectivity index (χ0n) is 8.72. The van der Waals surface area contributed by atoms with Gasteiger partial charge in [-0.1, -0.05) is 42.5 Å². The van der Waals surface area contributed by atoms with E-state index >= 15 is 0 Å². The Morgan fingerprint density at radius 2 is 1.93 bits per heavy atom. The van der Waals surface area contributed by atoms with Crippen LogP contribution in [0.5, 0.6) is 0 Å². The minimum absolute atomic E-state index is 1.04. The van der Waals surface area contributed by atoms with E-state index < -0.39 is 0 Å².